The lowest BCUT2D eigenvalue weighted by Crippen LogP contribution is -2.41. The van der Waals surface area contributed by atoms with E-state index in [-0.39, 0.29) is 24.1 Å². The van der Waals surface area contributed by atoms with Gasteiger partial charge in [-0.2, -0.15) is 0 Å². The number of amides is 2. The highest BCUT2D eigenvalue weighted by atomic mass is 19.1. The van der Waals surface area contributed by atoms with Crippen molar-refractivity contribution in [2.75, 3.05) is 18.0 Å². The molecule has 0 spiro atoms. The number of nitrogens with zero attached hydrogens (tertiary/aromatic N) is 1. The Bertz CT molecular complexity index is 743. The number of fused-ring (bicyclic) bond motifs is 1. The Balaban J connectivity index is 1.53. The molecule has 1 heterocycles. The maximum absolute atomic E-state index is 12.9. The Morgan fingerprint density at radius 2 is 1.83 bits per heavy atom. The minimum absolute atomic E-state index is 0.0847. The molecule has 4 nitrogen and oxygen atoms in total. The summed E-state index contributed by atoms with van der Waals surface area (Å²) in [7, 11) is 0. The molecule has 1 N–H and O–H groups in total. The van der Waals surface area contributed by atoms with Crippen LogP contribution in [-0.4, -0.2) is 24.9 Å². The summed E-state index contributed by atoms with van der Waals surface area (Å²) < 4.78 is 12.9. The van der Waals surface area contributed by atoms with Gasteiger partial charge in [0.05, 0.1) is 6.42 Å². The molecule has 0 aromatic heterocycles. The Morgan fingerprint density at radius 1 is 1.08 bits per heavy atom. The van der Waals surface area contributed by atoms with Crippen molar-refractivity contribution < 1.29 is 14.0 Å². The third kappa shape index (κ3) is 3.79. The summed E-state index contributed by atoms with van der Waals surface area (Å²) in [4.78, 5) is 25.8. The first-order valence-corrected chi connectivity index (χ1v) is 8.03. The number of nitrogens with one attached hydrogen (secondary N) is 1. The quantitative estimate of drug-likeness (QED) is 0.917. The van der Waals surface area contributed by atoms with Crippen LogP contribution in [0.3, 0.4) is 0 Å². The molecule has 0 unspecified atom stereocenters. The van der Waals surface area contributed by atoms with Gasteiger partial charge in [-0.05, 0) is 35.7 Å². The van der Waals surface area contributed by atoms with E-state index >= 15 is 0 Å². The fraction of sp³-hybridized carbons (Fsp3) is 0.263. The van der Waals surface area contributed by atoms with Crippen LogP contribution in [-0.2, 0) is 22.4 Å². The van der Waals surface area contributed by atoms with Crippen molar-refractivity contribution in [1.82, 2.24) is 5.32 Å². The molecule has 2 aromatic carbocycles. The van der Waals surface area contributed by atoms with Gasteiger partial charge in [0.15, 0.2) is 0 Å². The minimum atomic E-state index is -0.318. The van der Waals surface area contributed by atoms with Crippen molar-refractivity contribution in [3.63, 3.8) is 0 Å². The van der Waals surface area contributed by atoms with Crippen molar-refractivity contribution in [3.8, 4) is 0 Å². The molecule has 0 aliphatic carbocycles. The number of benzene rings is 2. The van der Waals surface area contributed by atoms with Crippen LogP contribution in [0.25, 0.3) is 0 Å². The van der Waals surface area contributed by atoms with Crippen molar-refractivity contribution in [2.24, 2.45) is 0 Å². The van der Waals surface area contributed by atoms with Crippen LogP contribution in [0.4, 0.5) is 10.1 Å². The fourth-order valence-corrected chi connectivity index (χ4v) is 2.90. The van der Waals surface area contributed by atoms with Crippen LogP contribution in [0.15, 0.2) is 48.5 Å². The van der Waals surface area contributed by atoms with Crippen molar-refractivity contribution >= 4 is 17.5 Å². The monoisotopic (exact) mass is 326 g/mol. The lowest BCUT2D eigenvalue weighted by molar-refractivity contribution is -0.121. The van der Waals surface area contributed by atoms with E-state index in [4.69, 9.17) is 0 Å². The summed E-state index contributed by atoms with van der Waals surface area (Å²) in [6.07, 6.45) is 1.47. The van der Waals surface area contributed by atoms with Gasteiger partial charge in [-0.25, -0.2) is 4.39 Å². The highest BCUT2D eigenvalue weighted by Gasteiger charge is 2.23. The number of hydrogen-bond donors (Lipinski definition) is 1. The minimum Gasteiger partial charge on any atom is -0.354 e. The molecular weight excluding hydrogens is 307 g/mol. The van der Waals surface area contributed by atoms with E-state index in [0.717, 1.165) is 23.2 Å². The predicted octanol–water partition coefficient (Wildman–Crippen LogP) is 2.46. The number of carbonyl (C=O) groups is 2. The van der Waals surface area contributed by atoms with Crippen molar-refractivity contribution in [1.29, 1.82) is 0 Å². The van der Waals surface area contributed by atoms with Crippen LogP contribution in [0, 0.1) is 5.82 Å². The van der Waals surface area contributed by atoms with E-state index in [1.807, 2.05) is 24.3 Å². The third-order valence-electron chi connectivity index (χ3n) is 4.13. The van der Waals surface area contributed by atoms with Gasteiger partial charge in [-0.15, -0.1) is 0 Å². The molecule has 0 saturated carbocycles. The van der Waals surface area contributed by atoms with Gasteiger partial charge in [-0.3, -0.25) is 9.59 Å². The highest BCUT2D eigenvalue weighted by Crippen LogP contribution is 2.26. The van der Waals surface area contributed by atoms with E-state index in [2.05, 4.69) is 5.32 Å². The second-order valence-electron chi connectivity index (χ2n) is 5.83. The molecule has 1 aliphatic rings. The Hall–Kier alpha value is -2.69. The summed E-state index contributed by atoms with van der Waals surface area (Å²) in [6, 6.07) is 13.7. The Labute approximate surface area is 140 Å². The average molecular weight is 326 g/mol. The maximum Gasteiger partial charge on any atom is 0.227 e. The second kappa shape index (κ2) is 7.25. The van der Waals surface area contributed by atoms with Crippen LogP contribution in [0.5, 0.6) is 0 Å². The van der Waals surface area contributed by atoms with E-state index < -0.39 is 0 Å². The highest BCUT2D eigenvalue weighted by molar-refractivity contribution is 5.96. The molecule has 0 radical (unpaired) electrons. The van der Waals surface area contributed by atoms with Gasteiger partial charge in [-0.1, -0.05) is 30.3 Å². The third-order valence-corrected chi connectivity index (χ3v) is 4.13. The maximum atomic E-state index is 12.9. The van der Waals surface area contributed by atoms with Crippen LogP contribution in [0.2, 0.25) is 0 Å². The lowest BCUT2D eigenvalue weighted by Gasteiger charge is -2.29. The first kappa shape index (κ1) is 16.2. The first-order chi connectivity index (χ1) is 11.6. The lowest BCUT2D eigenvalue weighted by atomic mass is 10.0. The topological polar surface area (TPSA) is 49.4 Å². The summed E-state index contributed by atoms with van der Waals surface area (Å²) in [5.41, 5.74) is 2.85. The number of hydrogen-bond acceptors (Lipinski definition) is 2. The van der Waals surface area contributed by atoms with E-state index in [0.29, 0.717) is 19.5 Å². The molecule has 2 amide bonds. The smallest absolute Gasteiger partial charge is 0.227 e. The summed E-state index contributed by atoms with van der Waals surface area (Å²) >= 11 is 0. The molecule has 1 aliphatic heterocycles. The SMILES string of the molecule is O=C(Cc1ccc(F)cc1)NCCN1C(=O)CCc2ccccc21. The van der Waals surface area contributed by atoms with Gasteiger partial charge in [0.1, 0.15) is 5.82 Å². The Morgan fingerprint density at radius 3 is 2.62 bits per heavy atom. The van der Waals surface area contributed by atoms with Crippen molar-refractivity contribution in [2.45, 2.75) is 19.3 Å². The van der Waals surface area contributed by atoms with Gasteiger partial charge in [0.25, 0.3) is 0 Å². The second-order valence-corrected chi connectivity index (χ2v) is 5.83. The molecule has 2 aromatic rings. The zero-order valence-electron chi connectivity index (χ0n) is 13.3. The number of anilines is 1. The largest absolute Gasteiger partial charge is 0.354 e. The molecule has 0 bridgehead atoms. The summed E-state index contributed by atoms with van der Waals surface area (Å²) in [6.45, 7) is 0.838. The van der Waals surface area contributed by atoms with E-state index in [1.54, 1.807) is 17.0 Å². The summed E-state index contributed by atoms with van der Waals surface area (Å²) in [5, 5.41) is 2.82. The average Bonchev–Trinajstić information content (AvgIpc) is 2.59. The van der Waals surface area contributed by atoms with Gasteiger partial charge in [0, 0.05) is 25.2 Å². The molecule has 5 heteroatoms. The number of carbonyl (C=O) groups excluding carboxylic acids is 2. The molecule has 24 heavy (non-hydrogen) atoms. The van der Waals surface area contributed by atoms with Gasteiger partial charge < -0.3 is 10.2 Å². The zero-order chi connectivity index (χ0) is 16.9. The number of rotatable bonds is 5. The van der Waals surface area contributed by atoms with Crippen LogP contribution < -0.4 is 10.2 Å². The molecule has 3 rings (SSSR count). The van der Waals surface area contributed by atoms with Gasteiger partial charge in [0.2, 0.25) is 11.8 Å². The van der Waals surface area contributed by atoms with E-state index in [1.165, 1.54) is 12.1 Å². The molecular formula is C19H19FN2O2. The molecule has 0 saturated heterocycles. The normalized spacial score (nSPS) is 13.5. The molecule has 124 valence electrons. The zero-order valence-corrected chi connectivity index (χ0v) is 13.3. The number of halogens is 1. The predicted molar refractivity (Wildman–Crippen MR) is 90.2 cm³/mol. The van der Waals surface area contributed by atoms with Crippen LogP contribution in [0.1, 0.15) is 17.5 Å². The van der Waals surface area contributed by atoms with Crippen molar-refractivity contribution in [3.05, 3.63) is 65.5 Å². The first-order valence-electron chi connectivity index (χ1n) is 8.03. The van der Waals surface area contributed by atoms with E-state index in [9.17, 15) is 14.0 Å². The van der Waals surface area contributed by atoms with Crippen LogP contribution >= 0.6 is 0 Å². The molecule has 0 atom stereocenters. The number of para-hydroxylation sites is 1. The number of aryl methyl sites for hydroxylation is 1. The summed E-state index contributed by atoms with van der Waals surface area (Å²) in [5.74, 6) is -0.373. The fourth-order valence-electron chi connectivity index (χ4n) is 2.90. The molecule has 0 fully saturated rings. The Kier molecular flexibility index (Phi) is 4.89. The standard InChI is InChI=1S/C19H19FN2O2/c20-16-8-5-14(6-9-16)13-18(23)21-11-12-22-17-4-2-1-3-15(17)7-10-19(22)24/h1-6,8-9H,7,10-13H2,(H,21,23). The van der Waals surface area contributed by atoms with Gasteiger partial charge >= 0.3 is 0 Å².